The largest absolute Gasteiger partial charge is 0.309 e. The minimum atomic E-state index is -0.217. The van der Waals surface area contributed by atoms with Crippen molar-refractivity contribution in [2.75, 3.05) is 20.6 Å². The lowest BCUT2D eigenvalue weighted by molar-refractivity contribution is 0.362. The summed E-state index contributed by atoms with van der Waals surface area (Å²) in [5, 5.41) is 0. The van der Waals surface area contributed by atoms with Gasteiger partial charge in [0.1, 0.15) is 5.82 Å². The van der Waals surface area contributed by atoms with Gasteiger partial charge in [0.15, 0.2) is 0 Å². The molecule has 1 unspecified atom stereocenters. The van der Waals surface area contributed by atoms with Crippen LogP contribution in [-0.4, -0.2) is 25.5 Å². The molecule has 0 radical (unpaired) electrons. The van der Waals surface area contributed by atoms with Gasteiger partial charge >= 0.3 is 0 Å². The van der Waals surface area contributed by atoms with E-state index >= 15 is 0 Å². The van der Waals surface area contributed by atoms with E-state index in [1.807, 2.05) is 21.0 Å². The van der Waals surface area contributed by atoms with Gasteiger partial charge in [-0.3, -0.25) is 11.3 Å². The van der Waals surface area contributed by atoms with Crippen molar-refractivity contribution in [2.24, 2.45) is 5.84 Å². The van der Waals surface area contributed by atoms with Crippen molar-refractivity contribution >= 4 is 0 Å². The van der Waals surface area contributed by atoms with E-state index in [2.05, 4.69) is 10.3 Å². The quantitative estimate of drug-likeness (QED) is 0.590. The Kier molecular flexibility index (Phi) is 4.86. The lowest BCUT2D eigenvalue weighted by atomic mass is 9.99. The summed E-state index contributed by atoms with van der Waals surface area (Å²) in [5.41, 5.74) is 4.74. The fourth-order valence-electron chi connectivity index (χ4n) is 1.70. The molecule has 1 aromatic rings. The number of hydrazine groups is 1. The van der Waals surface area contributed by atoms with E-state index < -0.39 is 0 Å². The Morgan fingerprint density at radius 1 is 1.44 bits per heavy atom. The van der Waals surface area contributed by atoms with Crippen LogP contribution in [-0.2, 0) is 0 Å². The first kappa shape index (κ1) is 13.1. The van der Waals surface area contributed by atoms with Crippen molar-refractivity contribution in [3.63, 3.8) is 0 Å². The predicted octanol–water partition coefficient (Wildman–Crippen LogP) is 1.59. The molecule has 0 spiro atoms. The molecule has 0 amide bonds. The monoisotopic (exact) mass is 225 g/mol. The molecule has 3 N–H and O–H groups in total. The second kappa shape index (κ2) is 5.94. The van der Waals surface area contributed by atoms with Gasteiger partial charge in [-0.05, 0) is 57.2 Å². The number of rotatable bonds is 5. The molecule has 0 bridgehead atoms. The zero-order valence-corrected chi connectivity index (χ0v) is 10.1. The minimum absolute atomic E-state index is 0.00176. The summed E-state index contributed by atoms with van der Waals surface area (Å²) in [6.07, 6.45) is 0.855. The van der Waals surface area contributed by atoms with E-state index in [0.717, 1.165) is 24.1 Å². The maximum absolute atomic E-state index is 13.2. The number of aryl methyl sites for hydroxylation is 1. The third kappa shape index (κ3) is 3.56. The molecule has 0 heterocycles. The van der Waals surface area contributed by atoms with Crippen LogP contribution >= 0.6 is 0 Å². The number of hydrogen-bond donors (Lipinski definition) is 2. The van der Waals surface area contributed by atoms with E-state index in [1.54, 1.807) is 12.1 Å². The van der Waals surface area contributed by atoms with Crippen LogP contribution in [0.5, 0.6) is 0 Å². The molecule has 0 aliphatic carbocycles. The summed E-state index contributed by atoms with van der Waals surface area (Å²) in [7, 11) is 4.01. The summed E-state index contributed by atoms with van der Waals surface area (Å²) in [6, 6.07) is 4.80. The highest BCUT2D eigenvalue weighted by atomic mass is 19.1. The third-order valence-corrected chi connectivity index (χ3v) is 2.68. The van der Waals surface area contributed by atoms with Gasteiger partial charge in [-0.25, -0.2) is 4.39 Å². The van der Waals surface area contributed by atoms with Gasteiger partial charge in [0.2, 0.25) is 0 Å². The Morgan fingerprint density at radius 3 is 2.69 bits per heavy atom. The van der Waals surface area contributed by atoms with Crippen molar-refractivity contribution in [1.29, 1.82) is 0 Å². The van der Waals surface area contributed by atoms with Crippen LogP contribution in [0.25, 0.3) is 0 Å². The average molecular weight is 225 g/mol. The zero-order valence-electron chi connectivity index (χ0n) is 10.1. The maximum Gasteiger partial charge on any atom is 0.123 e. The molecule has 0 aliphatic rings. The SMILES string of the molecule is Cc1ccc(F)cc1C(CCN(C)C)NN. The smallest absolute Gasteiger partial charge is 0.123 e. The number of halogens is 1. The number of benzene rings is 1. The van der Waals surface area contributed by atoms with E-state index in [1.165, 1.54) is 6.07 Å². The number of nitrogens with zero attached hydrogens (tertiary/aromatic N) is 1. The van der Waals surface area contributed by atoms with Gasteiger partial charge in [-0.1, -0.05) is 6.07 Å². The van der Waals surface area contributed by atoms with Gasteiger partial charge in [0.05, 0.1) is 0 Å². The van der Waals surface area contributed by atoms with Crippen LogP contribution in [0, 0.1) is 12.7 Å². The second-order valence-corrected chi connectivity index (χ2v) is 4.31. The minimum Gasteiger partial charge on any atom is -0.309 e. The van der Waals surface area contributed by atoms with E-state index in [4.69, 9.17) is 5.84 Å². The highest BCUT2D eigenvalue weighted by molar-refractivity contribution is 5.29. The van der Waals surface area contributed by atoms with E-state index in [-0.39, 0.29) is 11.9 Å². The first-order chi connectivity index (χ1) is 7.54. The molecular formula is C12H20FN3. The van der Waals surface area contributed by atoms with E-state index in [9.17, 15) is 4.39 Å². The summed E-state index contributed by atoms with van der Waals surface area (Å²) >= 11 is 0. The fraction of sp³-hybridized carbons (Fsp3) is 0.500. The third-order valence-electron chi connectivity index (χ3n) is 2.68. The number of nitrogens with two attached hydrogens (primary N) is 1. The molecule has 3 nitrogen and oxygen atoms in total. The summed E-state index contributed by atoms with van der Waals surface area (Å²) in [6.45, 7) is 2.87. The topological polar surface area (TPSA) is 41.3 Å². The van der Waals surface area contributed by atoms with Crippen molar-refractivity contribution in [3.05, 3.63) is 35.1 Å². The Hall–Kier alpha value is -0.970. The van der Waals surface area contributed by atoms with Crippen LogP contribution in [0.15, 0.2) is 18.2 Å². The van der Waals surface area contributed by atoms with Crippen LogP contribution in [0.1, 0.15) is 23.6 Å². The lowest BCUT2D eigenvalue weighted by Gasteiger charge is -2.20. The molecular weight excluding hydrogens is 205 g/mol. The Labute approximate surface area is 96.4 Å². The first-order valence-electron chi connectivity index (χ1n) is 5.41. The Bertz CT molecular complexity index is 339. The van der Waals surface area contributed by atoms with Gasteiger partial charge in [0, 0.05) is 6.04 Å². The van der Waals surface area contributed by atoms with Crippen molar-refractivity contribution in [2.45, 2.75) is 19.4 Å². The zero-order chi connectivity index (χ0) is 12.1. The second-order valence-electron chi connectivity index (χ2n) is 4.31. The lowest BCUT2D eigenvalue weighted by Crippen LogP contribution is -2.31. The van der Waals surface area contributed by atoms with E-state index in [0.29, 0.717) is 0 Å². The normalized spacial score (nSPS) is 13.1. The highest BCUT2D eigenvalue weighted by Gasteiger charge is 2.13. The van der Waals surface area contributed by atoms with Crippen LogP contribution in [0.2, 0.25) is 0 Å². The molecule has 0 fully saturated rings. The molecule has 1 atom stereocenters. The van der Waals surface area contributed by atoms with Crippen molar-refractivity contribution < 1.29 is 4.39 Å². The fourth-order valence-corrected chi connectivity index (χ4v) is 1.70. The molecule has 4 heteroatoms. The van der Waals surface area contributed by atoms with Crippen molar-refractivity contribution in [1.82, 2.24) is 10.3 Å². The Morgan fingerprint density at radius 2 is 2.12 bits per heavy atom. The van der Waals surface area contributed by atoms with Crippen LogP contribution < -0.4 is 11.3 Å². The van der Waals surface area contributed by atoms with Crippen LogP contribution in [0.4, 0.5) is 4.39 Å². The molecule has 0 aromatic heterocycles. The summed E-state index contributed by atoms with van der Waals surface area (Å²) in [4.78, 5) is 2.08. The maximum atomic E-state index is 13.2. The molecule has 1 aromatic carbocycles. The molecule has 0 saturated carbocycles. The standard InChI is InChI=1S/C12H20FN3/c1-9-4-5-10(13)8-11(9)12(15-14)6-7-16(2)3/h4-5,8,12,15H,6-7,14H2,1-3H3. The van der Waals surface area contributed by atoms with Gasteiger partial charge in [0.25, 0.3) is 0 Å². The van der Waals surface area contributed by atoms with Gasteiger partial charge < -0.3 is 4.90 Å². The number of hydrogen-bond acceptors (Lipinski definition) is 3. The Balaban J connectivity index is 2.81. The molecule has 1 rings (SSSR count). The molecule has 16 heavy (non-hydrogen) atoms. The first-order valence-corrected chi connectivity index (χ1v) is 5.41. The van der Waals surface area contributed by atoms with Crippen molar-refractivity contribution in [3.8, 4) is 0 Å². The number of nitrogens with one attached hydrogen (secondary N) is 1. The molecule has 0 saturated heterocycles. The average Bonchev–Trinajstić information content (AvgIpc) is 2.23. The molecule has 0 aliphatic heterocycles. The predicted molar refractivity (Wildman–Crippen MR) is 64.4 cm³/mol. The van der Waals surface area contributed by atoms with Gasteiger partial charge in [-0.2, -0.15) is 0 Å². The highest BCUT2D eigenvalue weighted by Crippen LogP contribution is 2.21. The van der Waals surface area contributed by atoms with Crippen LogP contribution in [0.3, 0.4) is 0 Å². The van der Waals surface area contributed by atoms with Gasteiger partial charge in [-0.15, -0.1) is 0 Å². The summed E-state index contributed by atoms with van der Waals surface area (Å²) < 4.78 is 13.2. The summed E-state index contributed by atoms with van der Waals surface area (Å²) in [5.74, 6) is 5.30. The molecule has 90 valence electrons.